The van der Waals surface area contributed by atoms with Gasteiger partial charge in [0.1, 0.15) is 29.4 Å². The number of aromatic nitrogens is 2. The maximum atomic E-state index is 12.0. The second kappa shape index (κ2) is 11.8. The van der Waals surface area contributed by atoms with Gasteiger partial charge in [0.15, 0.2) is 4.77 Å². The lowest BCUT2D eigenvalue weighted by molar-refractivity contribution is -0.0941. The molecule has 3 aromatic carbocycles. The second-order valence-electron chi connectivity index (χ2n) is 9.73. The molecule has 2 heterocycles. The molecule has 4 aromatic rings. The number of ether oxygens (including phenoxy) is 4. The molecule has 1 saturated heterocycles. The summed E-state index contributed by atoms with van der Waals surface area (Å²) in [5.41, 5.74) is 1.90. The number of methoxy groups -OCH3 is 2. The van der Waals surface area contributed by atoms with Crippen LogP contribution < -0.4 is 15.0 Å². The summed E-state index contributed by atoms with van der Waals surface area (Å²) >= 11 is 5.36. The average Bonchev–Trinajstić information content (AvgIpc) is 3.36. The molecule has 1 fully saturated rings. The van der Waals surface area contributed by atoms with E-state index >= 15 is 0 Å². The monoisotopic (exact) mass is 560 g/mol. The summed E-state index contributed by atoms with van der Waals surface area (Å²) in [5, 5.41) is 11.0. The second-order valence-corrected chi connectivity index (χ2v) is 10.1. The molecule has 9 heteroatoms. The summed E-state index contributed by atoms with van der Waals surface area (Å²) in [6, 6.07) is 25.5. The molecular weight excluding hydrogens is 528 g/mol. The largest absolute Gasteiger partial charge is 0.497 e. The summed E-state index contributed by atoms with van der Waals surface area (Å²) in [6.07, 6.45) is -0.0278. The molecule has 3 atom stereocenters. The maximum absolute atomic E-state index is 12.0. The van der Waals surface area contributed by atoms with E-state index in [0.717, 1.165) is 28.2 Å². The normalized spacial score (nSPS) is 18.9. The Morgan fingerprint density at radius 1 is 0.950 bits per heavy atom. The molecule has 5 rings (SSSR count). The van der Waals surface area contributed by atoms with E-state index in [4.69, 9.17) is 31.2 Å². The summed E-state index contributed by atoms with van der Waals surface area (Å²) in [4.78, 5) is 14.6. The molecule has 0 radical (unpaired) electrons. The molecule has 8 nitrogen and oxygen atoms in total. The Bertz CT molecular complexity index is 1500. The number of rotatable bonds is 9. The van der Waals surface area contributed by atoms with Crippen molar-refractivity contribution in [3.63, 3.8) is 0 Å². The van der Waals surface area contributed by atoms with E-state index in [1.165, 1.54) is 0 Å². The smallest absolute Gasteiger partial charge is 0.254 e. The van der Waals surface area contributed by atoms with Crippen LogP contribution in [-0.2, 0) is 15.1 Å². The first kappa shape index (κ1) is 27.8. The number of hydrogen-bond donors (Lipinski definition) is 2. The zero-order chi connectivity index (χ0) is 28.3. The van der Waals surface area contributed by atoms with Gasteiger partial charge in [-0.25, -0.2) is 0 Å². The molecule has 208 valence electrons. The third kappa shape index (κ3) is 5.33. The maximum Gasteiger partial charge on any atom is 0.254 e. The van der Waals surface area contributed by atoms with E-state index in [0.29, 0.717) is 12.0 Å². The van der Waals surface area contributed by atoms with Crippen molar-refractivity contribution in [3.8, 4) is 11.5 Å². The molecule has 40 heavy (non-hydrogen) atoms. The molecule has 0 unspecified atom stereocenters. The van der Waals surface area contributed by atoms with Gasteiger partial charge >= 0.3 is 0 Å². The Balaban J connectivity index is 1.54. The number of nitrogens with zero attached hydrogens (tertiary/aromatic N) is 1. The first-order valence-electron chi connectivity index (χ1n) is 13.0. The van der Waals surface area contributed by atoms with Crippen LogP contribution in [0.25, 0.3) is 0 Å². The Labute approximate surface area is 237 Å². The predicted octanol–water partition coefficient (Wildman–Crippen LogP) is 4.89. The van der Waals surface area contributed by atoms with Crippen LogP contribution in [0.2, 0.25) is 0 Å². The van der Waals surface area contributed by atoms with E-state index in [1.807, 2.05) is 78.9 Å². The van der Waals surface area contributed by atoms with Gasteiger partial charge in [0.05, 0.1) is 26.9 Å². The van der Waals surface area contributed by atoms with Gasteiger partial charge in [-0.1, -0.05) is 54.6 Å². The van der Waals surface area contributed by atoms with Gasteiger partial charge < -0.3 is 24.1 Å². The van der Waals surface area contributed by atoms with E-state index in [2.05, 4.69) is 4.98 Å². The minimum Gasteiger partial charge on any atom is -0.497 e. The first-order valence-corrected chi connectivity index (χ1v) is 13.4. The Morgan fingerprint density at radius 3 is 2.05 bits per heavy atom. The molecule has 1 aliphatic heterocycles. The van der Waals surface area contributed by atoms with Gasteiger partial charge in [-0.3, -0.25) is 14.3 Å². The topological polar surface area (TPSA) is 94.9 Å². The zero-order valence-electron chi connectivity index (χ0n) is 22.6. The van der Waals surface area contributed by atoms with Crippen molar-refractivity contribution < 1.29 is 24.1 Å². The van der Waals surface area contributed by atoms with Gasteiger partial charge in [-0.2, -0.15) is 0 Å². The quantitative estimate of drug-likeness (QED) is 0.222. The minimum absolute atomic E-state index is 0.0836. The fraction of sp³-hybridized carbons (Fsp3) is 0.290. The number of nitrogens with one attached hydrogen (secondary N) is 1. The molecule has 0 saturated carbocycles. The summed E-state index contributed by atoms with van der Waals surface area (Å²) < 4.78 is 25.9. The van der Waals surface area contributed by atoms with E-state index in [-0.39, 0.29) is 16.9 Å². The van der Waals surface area contributed by atoms with Crippen molar-refractivity contribution >= 4 is 12.2 Å². The number of benzene rings is 3. The summed E-state index contributed by atoms with van der Waals surface area (Å²) in [7, 11) is 3.26. The van der Waals surface area contributed by atoms with Crippen molar-refractivity contribution in [1.82, 2.24) is 9.55 Å². The molecule has 0 bridgehead atoms. The Kier molecular flexibility index (Phi) is 8.18. The van der Waals surface area contributed by atoms with Crippen LogP contribution in [0.1, 0.15) is 34.9 Å². The highest BCUT2D eigenvalue weighted by molar-refractivity contribution is 7.71. The third-order valence-corrected chi connectivity index (χ3v) is 7.61. The lowest BCUT2D eigenvalue weighted by atomic mass is 9.80. The number of aliphatic hydroxyl groups excluding tert-OH is 1. The van der Waals surface area contributed by atoms with Crippen molar-refractivity contribution in [2.75, 3.05) is 20.8 Å². The van der Waals surface area contributed by atoms with Crippen molar-refractivity contribution in [2.24, 2.45) is 0 Å². The highest BCUT2D eigenvalue weighted by atomic mass is 32.1. The number of aryl methyl sites for hydroxylation is 1. The highest BCUT2D eigenvalue weighted by Crippen LogP contribution is 2.42. The zero-order valence-corrected chi connectivity index (χ0v) is 23.4. The van der Waals surface area contributed by atoms with E-state index in [1.54, 1.807) is 31.9 Å². The molecule has 0 aliphatic carbocycles. The van der Waals surface area contributed by atoms with Crippen LogP contribution in [0, 0.1) is 11.7 Å². The van der Waals surface area contributed by atoms with Crippen LogP contribution in [0.3, 0.4) is 0 Å². The van der Waals surface area contributed by atoms with E-state index in [9.17, 15) is 9.90 Å². The number of hydrogen-bond acceptors (Lipinski definition) is 7. The molecule has 0 spiro atoms. The van der Waals surface area contributed by atoms with Crippen molar-refractivity contribution in [2.45, 2.75) is 37.4 Å². The molecule has 1 aromatic heterocycles. The molecule has 2 N–H and O–H groups in total. The average molecular weight is 561 g/mol. The third-order valence-electron chi connectivity index (χ3n) is 7.30. The first-order chi connectivity index (χ1) is 19.3. The van der Waals surface area contributed by atoms with Crippen molar-refractivity contribution in [3.05, 3.63) is 122 Å². The van der Waals surface area contributed by atoms with E-state index < -0.39 is 24.0 Å². The lowest BCUT2D eigenvalue weighted by Crippen LogP contribution is -2.38. The minimum atomic E-state index is -1.04. The SMILES string of the molecule is COc1ccc(C(OC[C@H]2O[C@@H](n3cc(C)c(=O)[nH]c3=S)C[C@H]2O)(c2ccccc2)c2ccc(OC)cc2)cc1. The van der Waals surface area contributed by atoms with Crippen LogP contribution in [0.5, 0.6) is 11.5 Å². The van der Waals surface area contributed by atoms with Gasteiger partial charge in [0.25, 0.3) is 5.56 Å². The van der Waals surface area contributed by atoms with Crippen LogP contribution in [0.4, 0.5) is 0 Å². The van der Waals surface area contributed by atoms with Crippen molar-refractivity contribution in [1.29, 1.82) is 0 Å². The number of aliphatic hydroxyl groups is 1. The van der Waals surface area contributed by atoms with Gasteiger partial charge in [0.2, 0.25) is 0 Å². The molecular formula is C31H32N2O6S. The number of aromatic amines is 1. The molecule has 1 aliphatic rings. The Hall–Kier alpha value is -3.76. The van der Waals surface area contributed by atoms with Crippen LogP contribution in [-0.4, -0.2) is 47.7 Å². The predicted molar refractivity (Wildman–Crippen MR) is 153 cm³/mol. The molecule has 0 amide bonds. The number of H-pyrrole nitrogens is 1. The fourth-order valence-corrected chi connectivity index (χ4v) is 5.38. The lowest BCUT2D eigenvalue weighted by Gasteiger charge is -2.37. The standard InChI is InChI=1S/C31H32N2O6S/c1-20-18-33(30(40)32-29(20)35)28-17-26(34)27(39-28)19-38-31(21-7-5-4-6-8-21,22-9-13-24(36-2)14-10-22)23-11-15-25(37-3)16-12-23/h4-16,18,26-28,34H,17,19H2,1-3H3,(H,32,35,40)/t26-,27-,28-/m1/s1. The highest BCUT2D eigenvalue weighted by Gasteiger charge is 2.42. The fourth-order valence-electron chi connectivity index (χ4n) is 5.12. The summed E-state index contributed by atoms with van der Waals surface area (Å²) in [6.45, 7) is 1.79. The summed E-state index contributed by atoms with van der Waals surface area (Å²) in [5.74, 6) is 1.46. The van der Waals surface area contributed by atoms with Gasteiger partial charge in [-0.05, 0) is 60.1 Å². The van der Waals surface area contributed by atoms with Crippen LogP contribution in [0.15, 0.2) is 89.9 Å². The Morgan fingerprint density at radius 2 is 1.50 bits per heavy atom. The van der Waals surface area contributed by atoms with Crippen LogP contribution >= 0.6 is 12.2 Å². The van der Waals surface area contributed by atoms with Gasteiger partial charge in [-0.15, -0.1) is 0 Å². The van der Waals surface area contributed by atoms with Gasteiger partial charge in [0, 0.05) is 18.2 Å².